The molecule has 2 aromatic carbocycles. The Morgan fingerprint density at radius 3 is 2.57 bits per heavy atom. The minimum absolute atomic E-state index is 0.00157. The van der Waals surface area contributed by atoms with E-state index in [1.807, 2.05) is 18.2 Å². The highest BCUT2D eigenvalue weighted by molar-refractivity contribution is 5.85. The van der Waals surface area contributed by atoms with Gasteiger partial charge in [-0.05, 0) is 48.8 Å². The van der Waals surface area contributed by atoms with Crippen LogP contribution in [-0.2, 0) is 16.8 Å². The van der Waals surface area contributed by atoms with Crippen LogP contribution in [0.2, 0.25) is 0 Å². The zero-order valence-corrected chi connectivity index (χ0v) is 16.4. The summed E-state index contributed by atoms with van der Waals surface area (Å²) in [5, 5.41) is 11.7. The van der Waals surface area contributed by atoms with Crippen molar-refractivity contribution in [2.45, 2.75) is 62.5 Å². The summed E-state index contributed by atoms with van der Waals surface area (Å²) in [6.45, 7) is 0.657. The predicted molar refractivity (Wildman–Crippen MR) is 110 cm³/mol. The van der Waals surface area contributed by atoms with Crippen molar-refractivity contribution >= 4 is 5.91 Å². The number of hydrogen-bond donors (Lipinski definition) is 1. The molecule has 1 heterocycles. The van der Waals surface area contributed by atoms with Gasteiger partial charge in [-0.3, -0.25) is 4.79 Å². The van der Waals surface area contributed by atoms with Gasteiger partial charge in [-0.25, -0.2) is 0 Å². The minimum Gasteiger partial charge on any atom is -0.385 e. The molecule has 3 aliphatic rings. The van der Waals surface area contributed by atoms with Gasteiger partial charge < -0.3 is 10.0 Å². The average Bonchev–Trinajstić information content (AvgIpc) is 3.19. The average molecular weight is 376 g/mol. The van der Waals surface area contributed by atoms with E-state index < -0.39 is 5.60 Å². The number of carbonyl (C=O) groups excluding carboxylic acids is 1. The second-order valence-electron chi connectivity index (χ2n) is 8.82. The number of likely N-dealkylation sites (tertiary alicyclic amines) is 1. The number of benzene rings is 2. The van der Waals surface area contributed by atoms with Gasteiger partial charge in [0.1, 0.15) is 0 Å². The quantitative estimate of drug-likeness (QED) is 0.845. The van der Waals surface area contributed by atoms with Crippen molar-refractivity contribution in [3.05, 3.63) is 71.3 Å². The lowest BCUT2D eigenvalue weighted by Crippen LogP contribution is -2.59. The van der Waals surface area contributed by atoms with Crippen molar-refractivity contribution in [2.24, 2.45) is 5.92 Å². The fourth-order valence-electron chi connectivity index (χ4n) is 6.06. The molecule has 3 heteroatoms. The first-order chi connectivity index (χ1) is 13.7. The van der Waals surface area contributed by atoms with Crippen LogP contribution in [0.3, 0.4) is 0 Å². The van der Waals surface area contributed by atoms with E-state index in [4.69, 9.17) is 0 Å². The molecule has 1 saturated heterocycles. The summed E-state index contributed by atoms with van der Waals surface area (Å²) < 4.78 is 0. The molecule has 0 spiro atoms. The first kappa shape index (κ1) is 17.9. The van der Waals surface area contributed by atoms with Crippen molar-refractivity contribution in [3.8, 4) is 0 Å². The highest BCUT2D eigenvalue weighted by Gasteiger charge is 2.51. The lowest BCUT2D eigenvalue weighted by molar-refractivity contribution is -0.156. The topological polar surface area (TPSA) is 40.5 Å². The van der Waals surface area contributed by atoms with Crippen LogP contribution in [0, 0.1) is 5.92 Å². The van der Waals surface area contributed by atoms with Gasteiger partial charge in [0.15, 0.2) is 0 Å². The molecule has 2 aliphatic carbocycles. The lowest BCUT2D eigenvalue weighted by Gasteiger charge is -2.53. The zero-order valence-electron chi connectivity index (χ0n) is 16.4. The van der Waals surface area contributed by atoms with Gasteiger partial charge in [-0.1, -0.05) is 67.4 Å². The maximum absolute atomic E-state index is 13.6. The standard InChI is InChI=1S/C25H29NO2/c27-24(21-15-14-18-8-4-5-11-20(18)21)26-17-16-25(28,19-9-2-1-3-10-19)22-12-6-7-13-23(22)26/h1-5,8-11,21-23,28H,6-7,12-17H2/t21?,22-,23+,25?/m1/s1. The second-order valence-corrected chi connectivity index (χ2v) is 8.82. The van der Waals surface area contributed by atoms with E-state index in [0.717, 1.165) is 44.1 Å². The number of amides is 1. The number of aliphatic hydroxyl groups is 1. The Bertz CT molecular complexity index is 864. The molecule has 4 atom stereocenters. The molecule has 2 unspecified atom stereocenters. The molecular weight excluding hydrogens is 346 g/mol. The van der Waals surface area contributed by atoms with Crippen molar-refractivity contribution in [1.82, 2.24) is 4.90 Å². The maximum Gasteiger partial charge on any atom is 0.230 e. The van der Waals surface area contributed by atoms with E-state index in [-0.39, 0.29) is 23.8 Å². The lowest BCUT2D eigenvalue weighted by atomic mass is 9.66. The first-order valence-corrected chi connectivity index (χ1v) is 10.8. The minimum atomic E-state index is -0.809. The van der Waals surface area contributed by atoms with Crippen molar-refractivity contribution in [2.75, 3.05) is 6.54 Å². The molecule has 28 heavy (non-hydrogen) atoms. The molecule has 2 aromatic rings. The Morgan fingerprint density at radius 2 is 1.71 bits per heavy atom. The van der Waals surface area contributed by atoms with E-state index >= 15 is 0 Å². The summed E-state index contributed by atoms with van der Waals surface area (Å²) in [5.41, 5.74) is 2.77. The van der Waals surface area contributed by atoms with E-state index in [1.54, 1.807) is 0 Å². The second kappa shape index (κ2) is 7.04. The molecule has 1 N–H and O–H groups in total. The van der Waals surface area contributed by atoms with Gasteiger partial charge in [-0.2, -0.15) is 0 Å². The fraction of sp³-hybridized carbons (Fsp3) is 0.480. The van der Waals surface area contributed by atoms with Crippen LogP contribution in [0.25, 0.3) is 0 Å². The fourth-order valence-corrected chi connectivity index (χ4v) is 6.06. The van der Waals surface area contributed by atoms with Gasteiger partial charge in [-0.15, -0.1) is 0 Å². The van der Waals surface area contributed by atoms with E-state index in [2.05, 4.69) is 41.3 Å². The number of piperidine rings is 1. The normalized spacial score (nSPS) is 31.9. The summed E-state index contributed by atoms with van der Waals surface area (Å²) in [4.78, 5) is 15.8. The monoisotopic (exact) mass is 375 g/mol. The van der Waals surface area contributed by atoms with Gasteiger partial charge in [0, 0.05) is 18.5 Å². The number of aryl methyl sites for hydroxylation is 1. The molecule has 146 valence electrons. The third kappa shape index (κ3) is 2.79. The van der Waals surface area contributed by atoms with Crippen molar-refractivity contribution in [1.29, 1.82) is 0 Å². The number of rotatable bonds is 2. The zero-order chi connectivity index (χ0) is 19.1. The van der Waals surface area contributed by atoms with Crippen LogP contribution in [-0.4, -0.2) is 28.5 Å². The molecule has 3 nitrogen and oxygen atoms in total. The summed E-state index contributed by atoms with van der Waals surface area (Å²) in [5.74, 6) is 0.427. The first-order valence-electron chi connectivity index (χ1n) is 10.8. The van der Waals surface area contributed by atoms with Crippen LogP contribution in [0.1, 0.15) is 61.1 Å². The largest absolute Gasteiger partial charge is 0.385 e. The molecule has 1 saturated carbocycles. The SMILES string of the molecule is O=C(C1CCc2ccccc21)N1CCC(O)(c2ccccc2)[C@@H]2CCCC[C@@H]21. The summed E-state index contributed by atoms with van der Waals surface area (Å²) in [6.07, 6.45) is 6.87. The summed E-state index contributed by atoms with van der Waals surface area (Å²) in [7, 11) is 0. The van der Waals surface area contributed by atoms with Gasteiger partial charge in [0.25, 0.3) is 0 Å². The Balaban J connectivity index is 1.44. The molecular formula is C25H29NO2. The Hall–Kier alpha value is -2.13. The van der Waals surface area contributed by atoms with Crippen LogP contribution in [0.15, 0.2) is 54.6 Å². The van der Waals surface area contributed by atoms with Crippen molar-refractivity contribution in [3.63, 3.8) is 0 Å². The number of fused-ring (bicyclic) bond motifs is 2. The molecule has 2 fully saturated rings. The molecule has 1 amide bonds. The maximum atomic E-state index is 13.6. The smallest absolute Gasteiger partial charge is 0.230 e. The number of nitrogens with zero attached hydrogens (tertiary/aromatic N) is 1. The van der Waals surface area contributed by atoms with Gasteiger partial charge in [0.05, 0.1) is 11.5 Å². The van der Waals surface area contributed by atoms with Crippen LogP contribution in [0.4, 0.5) is 0 Å². The number of hydrogen-bond acceptors (Lipinski definition) is 2. The molecule has 0 bridgehead atoms. The third-order valence-corrected chi connectivity index (χ3v) is 7.46. The Labute approximate surface area is 167 Å². The van der Waals surface area contributed by atoms with Gasteiger partial charge >= 0.3 is 0 Å². The molecule has 1 aliphatic heterocycles. The van der Waals surface area contributed by atoms with E-state index in [1.165, 1.54) is 11.1 Å². The van der Waals surface area contributed by atoms with Crippen molar-refractivity contribution < 1.29 is 9.90 Å². The van der Waals surface area contributed by atoms with Gasteiger partial charge in [0.2, 0.25) is 5.91 Å². The highest BCUT2D eigenvalue weighted by atomic mass is 16.3. The van der Waals surface area contributed by atoms with E-state index in [0.29, 0.717) is 13.0 Å². The van der Waals surface area contributed by atoms with E-state index in [9.17, 15) is 9.90 Å². The molecule has 0 radical (unpaired) electrons. The highest BCUT2D eigenvalue weighted by Crippen LogP contribution is 2.48. The summed E-state index contributed by atoms with van der Waals surface area (Å²) in [6, 6.07) is 18.7. The Kier molecular flexibility index (Phi) is 4.51. The van der Waals surface area contributed by atoms with Crippen LogP contribution in [0.5, 0.6) is 0 Å². The molecule has 5 rings (SSSR count). The predicted octanol–water partition coefficient (Wildman–Crippen LogP) is 4.40. The number of carbonyl (C=O) groups is 1. The molecule has 0 aromatic heterocycles. The summed E-state index contributed by atoms with van der Waals surface area (Å²) >= 11 is 0. The Morgan fingerprint density at radius 1 is 0.964 bits per heavy atom. The van der Waals surface area contributed by atoms with Crippen LogP contribution >= 0.6 is 0 Å². The van der Waals surface area contributed by atoms with Crippen LogP contribution < -0.4 is 0 Å². The third-order valence-electron chi connectivity index (χ3n) is 7.46.